The van der Waals surface area contributed by atoms with Gasteiger partial charge in [0.15, 0.2) is 0 Å². The molecule has 0 spiro atoms. The number of hydrogen-bond donors (Lipinski definition) is 1. The Morgan fingerprint density at radius 1 is 1.30 bits per heavy atom. The van der Waals surface area contributed by atoms with Crippen LogP contribution in [0.4, 0.5) is 0 Å². The van der Waals surface area contributed by atoms with E-state index < -0.39 is 5.41 Å². The molecule has 2 rings (SSSR count). The molecule has 0 aromatic carbocycles. The number of rotatable bonds is 5. The Kier molecular flexibility index (Phi) is 10.6. The minimum atomic E-state index is -0.396. The normalized spacial score (nSPS) is 24.5. The van der Waals surface area contributed by atoms with Gasteiger partial charge >= 0.3 is 0 Å². The lowest BCUT2D eigenvalue weighted by molar-refractivity contribution is -0.150. The van der Waals surface area contributed by atoms with E-state index in [1.165, 1.54) is 0 Å². The molecule has 0 aromatic heterocycles. The molecule has 23 heavy (non-hydrogen) atoms. The number of carbonyl (C=O) groups is 1. The number of carbonyl (C=O) groups excluding carboxylic acids is 1. The number of nitrogens with zero attached hydrogens (tertiary/aromatic N) is 2. The summed E-state index contributed by atoms with van der Waals surface area (Å²) < 4.78 is 10.5. The first kappa shape index (κ1) is 22.9. The van der Waals surface area contributed by atoms with Crippen molar-refractivity contribution in [3.63, 3.8) is 0 Å². The van der Waals surface area contributed by atoms with E-state index in [0.717, 1.165) is 45.6 Å². The van der Waals surface area contributed by atoms with Crippen molar-refractivity contribution in [3.8, 4) is 0 Å². The Hall–Kier alpha value is -0.110. The molecule has 0 aliphatic carbocycles. The monoisotopic (exact) mass is 371 g/mol. The van der Waals surface area contributed by atoms with E-state index in [1.807, 2.05) is 4.90 Å². The lowest BCUT2D eigenvalue weighted by Crippen LogP contribution is -2.59. The van der Waals surface area contributed by atoms with Gasteiger partial charge in [-0.25, -0.2) is 0 Å². The van der Waals surface area contributed by atoms with Crippen LogP contribution < -0.4 is 5.73 Å². The zero-order valence-corrected chi connectivity index (χ0v) is 15.8. The van der Waals surface area contributed by atoms with Gasteiger partial charge in [0.05, 0.1) is 12.0 Å². The fourth-order valence-corrected chi connectivity index (χ4v) is 3.32. The van der Waals surface area contributed by atoms with Crippen LogP contribution in [0.1, 0.15) is 19.8 Å². The zero-order valence-electron chi connectivity index (χ0n) is 14.2. The van der Waals surface area contributed by atoms with Gasteiger partial charge in [-0.1, -0.05) is 0 Å². The average Bonchev–Trinajstić information content (AvgIpc) is 2.53. The van der Waals surface area contributed by atoms with Crippen molar-refractivity contribution in [3.05, 3.63) is 0 Å². The molecule has 0 aromatic rings. The Labute approximate surface area is 151 Å². The molecule has 0 radical (unpaired) electrons. The zero-order chi connectivity index (χ0) is 15.3. The minimum absolute atomic E-state index is 0. The van der Waals surface area contributed by atoms with Crippen molar-refractivity contribution in [2.45, 2.75) is 25.8 Å². The highest BCUT2D eigenvalue weighted by atomic mass is 35.5. The highest BCUT2D eigenvalue weighted by Crippen LogP contribution is 2.32. The molecule has 2 aliphatic heterocycles. The van der Waals surface area contributed by atoms with Crippen LogP contribution in [0.3, 0.4) is 0 Å². The quantitative estimate of drug-likeness (QED) is 0.772. The highest BCUT2D eigenvalue weighted by molar-refractivity contribution is 5.85. The smallest absolute Gasteiger partial charge is 0.230 e. The standard InChI is InChI=1S/C15H29N3O3.2ClH/c1-13-11-18(6-5-17(13)7-10-20-2)14(19)15(12-16)3-8-21-9-4-15;;/h13H,3-12,16H2,1-2H3;2*1H. The van der Waals surface area contributed by atoms with Crippen LogP contribution in [-0.4, -0.2) is 81.4 Å². The van der Waals surface area contributed by atoms with E-state index in [2.05, 4.69) is 11.8 Å². The number of hydrogen-bond acceptors (Lipinski definition) is 5. The van der Waals surface area contributed by atoms with E-state index in [9.17, 15) is 4.79 Å². The van der Waals surface area contributed by atoms with Gasteiger partial charge in [-0.3, -0.25) is 9.69 Å². The van der Waals surface area contributed by atoms with Gasteiger partial charge in [-0.05, 0) is 19.8 Å². The van der Waals surface area contributed by atoms with E-state index in [-0.39, 0.29) is 30.7 Å². The van der Waals surface area contributed by atoms with Crippen molar-refractivity contribution in [2.24, 2.45) is 11.1 Å². The summed E-state index contributed by atoms with van der Waals surface area (Å²) in [5.41, 5.74) is 5.55. The van der Waals surface area contributed by atoms with Gasteiger partial charge < -0.3 is 20.1 Å². The molecule has 2 heterocycles. The Morgan fingerprint density at radius 2 is 1.96 bits per heavy atom. The fourth-order valence-electron chi connectivity index (χ4n) is 3.32. The molecular formula is C15H31Cl2N3O3. The number of amides is 1. The largest absolute Gasteiger partial charge is 0.383 e. The van der Waals surface area contributed by atoms with Gasteiger partial charge in [0.1, 0.15) is 0 Å². The second kappa shape index (κ2) is 10.7. The van der Waals surface area contributed by atoms with Gasteiger partial charge in [0.2, 0.25) is 5.91 Å². The summed E-state index contributed by atoms with van der Waals surface area (Å²) in [6, 6.07) is 0.368. The van der Waals surface area contributed by atoms with Crippen LogP contribution in [0.5, 0.6) is 0 Å². The molecule has 1 atom stereocenters. The second-order valence-corrected chi connectivity index (χ2v) is 6.23. The molecule has 2 aliphatic rings. The van der Waals surface area contributed by atoms with E-state index in [4.69, 9.17) is 15.2 Å². The lowest BCUT2D eigenvalue weighted by atomic mass is 9.78. The summed E-state index contributed by atoms with van der Waals surface area (Å²) in [4.78, 5) is 17.3. The first-order valence-corrected chi connectivity index (χ1v) is 7.93. The van der Waals surface area contributed by atoms with Crippen LogP contribution in [0.25, 0.3) is 0 Å². The average molecular weight is 372 g/mol. The Morgan fingerprint density at radius 3 is 2.48 bits per heavy atom. The first-order chi connectivity index (χ1) is 10.1. The lowest BCUT2D eigenvalue weighted by Gasteiger charge is -2.44. The maximum atomic E-state index is 12.9. The van der Waals surface area contributed by atoms with Gasteiger partial charge in [0, 0.05) is 59.1 Å². The van der Waals surface area contributed by atoms with Crippen molar-refractivity contribution in [1.82, 2.24) is 9.80 Å². The summed E-state index contributed by atoms with van der Waals surface area (Å²) >= 11 is 0. The van der Waals surface area contributed by atoms with E-state index in [0.29, 0.717) is 25.8 Å². The molecule has 6 nitrogen and oxygen atoms in total. The van der Waals surface area contributed by atoms with Crippen molar-refractivity contribution in [2.75, 3.05) is 59.7 Å². The summed E-state index contributed by atoms with van der Waals surface area (Å²) in [6.07, 6.45) is 1.50. The topological polar surface area (TPSA) is 68.0 Å². The Balaban J connectivity index is 0.00000242. The number of piperazine rings is 1. The Bertz CT molecular complexity index is 355. The third kappa shape index (κ3) is 5.44. The van der Waals surface area contributed by atoms with E-state index >= 15 is 0 Å². The third-order valence-electron chi connectivity index (χ3n) is 4.93. The number of ether oxygens (including phenoxy) is 2. The van der Waals surface area contributed by atoms with Crippen LogP contribution in [0.2, 0.25) is 0 Å². The van der Waals surface area contributed by atoms with Gasteiger partial charge in [-0.2, -0.15) is 0 Å². The molecule has 2 saturated heterocycles. The predicted molar refractivity (Wildman–Crippen MR) is 95.5 cm³/mol. The van der Waals surface area contributed by atoms with Crippen LogP contribution in [-0.2, 0) is 14.3 Å². The van der Waals surface area contributed by atoms with Gasteiger partial charge in [0.25, 0.3) is 0 Å². The summed E-state index contributed by atoms with van der Waals surface area (Å²) in [5, 5.41) is 0. The molecular weight excluding hydrogens is 341 g/mol. The van der Waals surface area contributed by atoms with Crippen molar-refractivity contribution >= 4 is 30.7 Å². The second-order valence-electron chi connectivity index (χ2n) is 6.23. The van der Waals surface area contributed by atoms with Crippen LogP contribution >= 0.6 is 24.8 Å². The first-order valence-electron chi connectivity index (χ1n) is 7.93. The maximum Gasteiger partial charge on any atom is 0.230 e. The molecule has 0 bridgehead atoms. The molecule has 2 fully saturated rings. The minimum Gasteiger partial charge on any atom is -0.383 e. The number of halogens is 2. The number of methoxy groups -OCH3 is 1. The fraction of sp³-hybridized carbons (Fsp3) is 0.933. The highest BCUT2D eigenvalue weighted by Gasteiger charge is 2.42. The summed E-state index contributed by atoms with van der Waals surface area (Å²) in [6.45, 7) is 8.03. The molecule has 2 N–H and O–H groups in total. The summed E-state index contributed by atoms with van der Waals surface area (Å²) in [5.74, 6) is 0.228. The van der Waals surface area contributed by atoms with E-state index in [1.54, 1.807) is 7.11 Å². The third-order valence-corrected chi connectivity index (χ3v) is 4.93. The van der Waals surface area contributed by atoms with Crippen LogP contribution in [0, 0.1) is 5.41 Å². The summed E-state index contributed by atoms with van der Waals surface area (Å²) in [7, 11) is 1.72. The van der Waals surface area contributed by atoms with Gasteiger partial charge in [-0.15, -0.1) is 24.8 Å². The maximum absolute atomic E-state index is 12.9. The predicted octanol–water partition coefficient (Wildman–Crippen LogP) is 0.765. The molecule has 0 saturated carbocycles. The molecule has 138 valence electrons. The molecule has 1 amide bonds. The van der Waals surface area contributed by atoms with Crippen molar-refractivity contribution in [1.29, 1.82) is 0 Å². The van der Waals surface area contributed by atoms with Crippen molar-refractivity contribution < 1.29 is 14.3 Å². The molecule has 8 heteroatoms. The van der Waals surface area contributed by atoms with Crippen LogP contribution in [0.15, 0.2) is 0 Å². The number of nitrogens with two attached hydrogens (primary N) is 1. The molecule has 1 unspecified atom stereocenters. The SMILES string of the molecule is COCCN1CCN(C(=O)C2(CN)CCOCC2)CC1C.Cl.Cl.